The van der Waals surface area contributed by atoms with Crippen molar-refractivity contribution in [2.45, 2.75) is 12.3 Å². The first-order chi connectivity index (χ1) is 7.38. The number of rotatable bonds is 1. The van der Waals surface area contributed by atoms with Crippen molar-refractivity contribution in [3.8, 4) is 0 Å². The highest BCUT2D eigenvalue weighted by Gasteiger charge is 2.40. The van der Waals surface area contributed by atoms with Crippen molar-refractivity contribution in [1.82, 2.24) is 4.98 Å². The van der Waals surface area contributed by atoms with Gasteiger partial charge in [-0.25, -0.2) is 0 Å². The van der Waals surface area contributed by atoms with Gasteiger partial charge < -0.3 is 10.1 Å². The van der Waals surface area contributed by atoms with Crippen LogP contribution in [0.2, 0.25) is 5.02 Å². The largest absolute Gasteiger partial charge is 0.420 e. The average Bonchev–Trinajstić information content (AvgIpc) is 2.57. The summed E-state index contributed by atoms with van der Waals surface area (Å²) in [6, 6.07) is 5.88. The van der Waals surface area contributed by atoms with Crippen molar-refractivity contribution in [3.05, 3.63) is 35.0 Å². The van der Waals surface area contributed by atoms with E-state index in [0.717, 1.165) is 0 Å². The summed E-state index contributed by atoms with van der Waals surface area (Å²) in [4.78, 5) is 2.50. The molecule has 0 bridgehead atoms. The van der Waals surface area contributed by atoms with Crippen LogP contribution in [-0.2, 0) is 0 Å². The zero-order valence-corrected chi connectivity index (χ0v) is 8.60. The van der Waals surface area contributed by atoms with Gasteiger partial charge in [0.2, 0.25) is 0 Å². The van der Waals surface area contributed by atoms with E-state index in [1.54, 1.807) is 12.1 Å². The Balaban J connectivity index is 2.47. The number of benzene rings is 1. The second-order valence-corrected chi connectivity index (χ2v) is 3.84. The molecule has 0 radical (unpaired) electrons. The molecule has 0 saturated carbocycles. The van der Waals surface area contributed by atoms with Crippen molar-refractivity contribution in [2.75, 3.05) is 0 Å². The van der Waals surface area contributed by atoms with Gasteiger partial charge >= 0.3 is 6.18 Å². The van der Waals surface area contributed by atoms with Gasteiger partial charge in [-0.2, -0.15) is 13.2 Å². The first-order valence-electron chi connectivity index (χ1n) is 4.41. The van der Waals surface area contributed by atoms with Crippen molar-refractivity contribution in [3.63, 3.8) is 0 Å². The smallest absolute Gasteiger partial charge is 0.378 e. The van der Waals surface area contributed by atoms with Crippen LogP contribution in [0.25, 0.3) is 10.9 Å². The van der Waals surface area contributed by atoms with Crippen LogP contribution in [-0.4, -0.2) is 16.3 Å². The number of aromatic nitrogens is 1. The second-order valence-electron chi connectivity index (χ2n) is 3.40. The second kappa shape index (κ2) is 3.68. The highest BCUT2D eigenvalue weighted by atomic mass is 35.5. The molecule has 0 unspecified atom stereocenters. The summed E-state index contributed by atoms with van der Waals surface area (Å²) in [5, 5.41) is 10.0. The topological polar surface area (TPSA) is 36.0 Å². The molecule has 0 fully saturated rings. The fraction of sp³-hybridized carbons (Fsp3) is 0.200. The molecular formula is C10H7ClF3NO. The van der Waals surface area contributed by atoms with Crippen LogP contribution in [0.3, 0.4) is 0 Å². The molecular weight excluding hydrogens is 243 g/mol. The summed E-state index contributed by atoms with van der Waals surface area (Å²) in [6.07, 6.45) is -7.18. The molecule has 16 heavy (non-hydrogen) atoms. The molecule has 2 nitrogen and oxygen atoms in total. The Bertz CT molecular complexity index is 520. The molecule has 0 aliphatic carbocycles. The van der Waals surface area contributed by atoms with Crippen LogP contribution in [0, 0.1) is 0 Å². The van der Waals surface area contributed by atoms with Gasteiger partial charge in [0.25, 0.3) is 0 Å². The Kier molecular flexibility index (Phi) is 2.59. The number of H-pyrrole nitrogens is 1. The fourth-order valence-corrected chi connectivity index (χ4v) is 1.63. The van der Waals surface area contributed by atoms with Crippen LogP contribution in [0.4, 0.5) is 13.2 Å². The zero-order valence-electron chi connectivity index (χ0n) is 7.85. The van der Waals surface area contributed by atoms with Crippen molar-refractivity contribution in [1.29, 1.82) is 0 Å². The molecule has 1 aromatic heterocycles. The Morgan fingerprint density at radius 1 is 1.25 bits per heavy atom. The van der Waals surface area contributed by atoms with Gasteiger partial charge in [-0.1, -0.05) is 11.6 Å². The standard InChI is InChI=1S/C10H7ClF3NO/c11-6-1-2-7-5(3-6)4-8(15-7)9(16)10(12,13)14/h1-4,9,15-16H/t9-/m1/s1. The molecule has 1 atom stereocenters. The van der Waals surface area contributed by atoms with E-state index < -0.39 is 12.3 Å². The number of nitrogens with one attached hydrogen (secondary N) is 1. The Morgan fingerprint density at radius 3 is 2.56 bits per heavy atom. The minimum absolute atomic E-state index is 0.287. The highest BCUT2D eigenvalue weighted by molar-refractivity contribution is 6.31. The van der Waals surface area contributed by atoms with Crippen LogP contribution >= 0.6 is 11.6 Å². The van der Waals surface area contributed by atoms with Gasteiger partial charge in [0.15, 0.2) is 6.10 Å². The number of aliphatic hydroxyl groups excluding tert-OH is 1. The Hall–Kier alpha value is -1.20. The van der Waals surface area contributed by atoms with Crippen LogP contribution in [0.5, 0.6) is 0 Å². The lowest BCUT2D eigenvalue weighted by atomic mass is 10.2. The van der Waals surface area contributed by atoms with Gasteiger partial charge in [0.05, 0.1) is 5.69 Å². The number of hydrogen-bond donors (Lipinski definition) is 2. The third kappa shape index (κ3) is 2.01. The normalized spacial score (nSPS) is 14.3. The van der Waals surface area contributed by atoms with Gasteiger partial charge in [0, 0.05) is 15.9 Å². The molecule has 0 aliphatic heterocycles. The van der Waals surface area contributed by atoms with Gasteiger partial charge in [-0.3, -0.25) is 0 Å². The monoisotopic (exact) mass is 249 g/mol. The van der Waals surface area contributed by atoms with Crippen molar-refractivity contribution < 1.29 is 18.3 Å². The summed E-state index contributed by atoms with van der Waals surface area (Å²) in [6.45, 7) is 0. The molecule has 2 rings (SSSR count). The summed E-state index contributed by atoms with van der Waals surface area (Å²) >= 11 is 5.70. The number of fused-ring (bicyclic) bond motifs is 1. The maximum absolute atomic E-state index is 12.2. The predicted octanol–water partition coefficient (Wildman–Crippen LogP) is 3.42. The summed E-state index contributed by atoms with van der Waals surface area (Å²) in [5.41, 5.74) is 0.215. The minimum atomic E-state index is -4.68. The molecule has 6 heteroatoms. The van der Waals surface area contributed by atoms with Gasteiger partial charge in [-0.05, 0) is 24.3 Å². The van der Waals surface area contributed by atoms with E-state index in [4.69, 9.17) is 16.7 Å². The summed E-state index contributed by atoms with van der Waals surface area (Å²) in [5.74, 6) is 0. The SMILES string of the molecule is O[C@H](c1cc2cc(Cl)ccc2[nH]1)C(F)(F)F. The molecule has 0 spiro atoms. The summed E-state index contributed by atoms with van der Waals surface area (Å²) < 4.78 is 36.7. The zero-order chi connectivity index (χ0) is 11.9. The fourth-order valence-electron chi connectivity index (χ4n) is 1.45. The molecule has 0 saturated heterocycles. The lowest BCUT2D eigenvalue weighted by molar-refractivity contribution is -0.207. The van der Waals surface area contributed by atoms with E-state index >= 15 is 0 Å². The highest BCUT2D eigenvalue weighted by Crippen LogP contribution is 2.33. The number of aliphatic hydroxyl groups is 1. The van der Waals surface area contributed by atoms with Gasteiger partial charge in [-0.15, -0.1) is 0 Å². The molecule has 0 aliphatic rings. The van der Waals surface area contributed by atoms with Crippen molar-refractivity contribution in [2.24, 2.45) is 0 Å². The van der Waals surface area contributed by atoms with E-state index in [1.807, 2.05) is 0 Å². The van der Waals surface area contributed by atoms with E-state index in [2.05, 4.69) is 4.98 Å². The molecule has 0 amide bonds. The number of alkyl halides is 3. The van der Waals surface area contributed by atoms with E-state index in [0.29, 0.717) is 15.9 Å². The number of halogens is 4. The molecule has 86 valence electrons. The molecule has 2 N–H and O–H groups in total. The molecule has 2 aromatic rings. The predicted molar refractivity (Wildman–Crippen MR) is 54.3 cm³/mol. The lowest BCUT2D eigenvalue weighted by Gasteiger charge is -2.12. The third-order valence-electron chi connectivity index (χ3n) is 2.21. The quantitative estimate of drug-likeness (QED) is 0.798. The first-order valence-corrected chi connectivity index (χ1v) is 4.78. The number of aromatic amines is 1. The van der Waals surface area contributed by atoms with E-state index in [9.17, 15) is 13.2 Å². The molecule has 1 aromatic carbocycles. The van der Waals surface area contributed by atoms with E-state index in [-0.39, 0.29) is 5.69 Å². The first kappa shape index (κ1) is 11.3. The van der Waals surface area contributed by atoms with E-state index in [1.165, 1.54) is 12.1 Å². The number of hydrogen-bond acceptors (Lipinski definition) is 1. The average molecular weight is 250 g/mol. The van der Waals surface area contributed by atoms with Crippen LogP contribution in [0.15, 0.2) is 24.3 Å². The van der Waals surface area contributed by atoms with Crippen molar-refractivity contribution >= 4 is 22.5 Å². The maximum Gasteiger partial charge on any atom is 0.420 e. The maximum atomic E-state index is 12.2. The summed E-state index contributed by atoms with van der Waals surface area (Å²) in [7, 11) is 0. The van der Waals surface area contributed by atoms with Crippen LogP contribution < -0.4 is 0 Å². The Morgan fingerprint density at radius 2 is 1.94 bits per heavy atom. The lowest BCUT2D eigenvalue weighted by Crippen LogP contribution is -2.20. The molecule has 1 heterocycles. The van der Waals surface area contributed by atoms with Crippen LogP contribution in [0.1, 0.15) is 11.8 Å². The Labute approximate surface area is 93.6 Å². The minimum Gasteiger partial charge on any atom is -0.378 e. The van der Waals surface area contributed by atoms with Gasteiger partial charge in [0.1, 0.15) is 0 Å². The third-order valence-corrected chi connectivity index (χ3v) is 2.44.